The van der Waals surface area contributed by atoms with Gasteiger partial charge in [-0.2, -0.15) is 13.2 Å². The zero-order valence-corrected chi connectivity index (χ0v) is 9.13. The van der Waals surface area contributed by atoms with Crippen LogP contribution >= 0.6 is 0 Å². The van der Waals surface area contributed by atoms with Crippen molar-refractivity contribution in [2.45, 2.75) is 25.6 Å². The van der Waals surface area contributed by atoms with E-state index in [1.807, 2.05) is 19.1 Å². The largest absolute Gasteiger partial charge is 0.411 e. The second kappa shape index (κ2) is 5.50. The summed E-state index contributed by atoms with van der Waals surface area (Å²) in [5.74, 6) is -0.00218. The summed E-state index contributed by atoms with van der Waals surface area (Å²) < 4.78 is 41.0. The van der Waals surface area contributed by atoms with Gasteiger partial charge in [0, 0.05) is 12.5 Å². The van der Waals surface area contributed by atoms with Gasteiger partial charge < -0.3 is 10.5 Å². The quantitative estimate of drug-likeness (QED) is 0.812. The second-order valence-electron chi connectivity index (χ2n) is 3.77. The van der Waals surface area contributed by atoms with Crippen LogP contribution in [-0.2, 0) is 4.74 Å². The predicted octanol–water partition coefficient (Wildman–Crippen LogP) is 2.42. The van der Waals surface area contributed by atoms with E-state index in [1.165, 1.54) is 0 Å². The number of nitrogens with two attached hydrogens (primary N) is 1. The summed E-state index contributed by atoms with van der Waals surface area (Å²) in [4.78, 5) is 0. The van der Waals surface area contributed by atoms with Crippen LogP contribution in [0.1, 0.15) is 13.3 Å². The van der Waals surface area contributed by atoms with Crippen LogP contribution in [0.2, 0.25) is 0 Å². The summed E-state index contributed by atoms with van der Waals surface area (Å²) in [6.45, 7) is 1.02. The van der Waals surface area contributed by atoms with Crippen LogP contribution in [0.5, 0.6) is 0 Å². The first-order valence-electron chi connectivity index (χ1n) is 5.23. The molecule has 2 N–H and O–H groups in total. The van der Waals surface area contributed by atoms with Gasteiger partial charge in [0.2, 0.25) is 0 Å². The Kier molecular flexibility index (Phi) is 4.56. The number of alkyl halides is 3. The molecule has 2 unspecified atom stereocenters. The highest BCUT2D eigenvalue weighted by atomic mass is 19.4. The Labute approximate surface area is 93.0 Å². The summed E-state index contributed by atoms with van der Waals surface area (Å²) >= 11 is 0. The molecule has 0 aromatic carbocycles. The molecule has 0 saturated heterocycles. The first-order valence-corrected chi connectivity index (χ1v) is 5.23. The molecule has 0 bridgehead atoms. The van der Waals surface area contributed by atoms with Gasteiger partial charge in [-0.05, 0) is 12.0 Å². The van der Waals surface area contributed by atoms with Crippen molar-refractivity contribution in [1.82, 2.24) is 0 Å². The molecule has 0 heterocycles. The minimum atomic E-state index is -4.28. The van der Waals surface area contributed by atoms with Gasteiger partial charge in [-0.1, -0.05) is 25.2 Å². The summed E-state index contributed by atoms with van der Waals surface area (Å²) in [5, 5.41) is 0. The molecule has 1 rings (SSSR count). The molecule has 0 aromatic rings. The maximum absolute atomic E-state index is 12.0. The number of ether oxygens (including phenoxy) is 1. The first-order chi connectivity index (χ1) is 7.46. The van der Waals surface area contributed by atoms with Gasteiger partial charge in [-0.3, -0.25) is 0 Å². The van der Waals surface area contributed by atoms with Gasteiger partial charge in [-0.15, -0.1) is 0 Å². The first kappa shape index (κ1) is 13.3. The molecule has 16 heavy (non-hydrogen) atoms. The minimum Gasteiger partial charge on any atom is -0.364 e. The van der Waals surface area contributed by atoms with Crippen LogP contribution in [0, 0.1) is 5.92 Å². The molecule has 0 aliphatic heterocycles. The van der Waals surface area contributed by atoms with Crippen LogP contribution in [0.3, 0.4) is 0 Å². The summed E-state index contributed by atoms with van der Waals surface area (Å²) in [5.41, 5.74) is 6.25. The molecule has 5 heteroatoms. The van der Waals surface area contributed by atoms with E-state index >= 15 is 0 Å². The maximum Gasteiger partial charge on any atom is 0.411 e. The lowest BCUT2D eigenvalue weighted by Gasteiger charge is -2.25. The molecular formula is C11H16F3NO. The highest BCUT2D eigenvalue weighted by Gasteiger charge is 2.30. The lowest BCUT2D eigenvalue weighted by Crippen LogP contribution is -2.29. The zero-order chi connectivity index (χ0) is 12.2. The fraction of sp³-hybridized carbons (Fsp3) is 0.636. The fourth-order valence-electron chi connectivity index (χ4n) is 1.61. The number of rotatable bonds is 4. The van der Waals surface area contributed by atoms with E-state index in [9.17, 15) is 13.2 Å². The molecule has 0 radical (unpaired) electrons. The standard InChI is InChI=1S/C11H16F3NO/c1-2-9-4-3-8(6-15)5-10(9)16-7-11(12,13)14/h3-5,9-10H,2,6-7,15H2,1H3. The second-order valence-corrected chi connectivity index (χ2v) is 3.77. The Morgan fingerprint density at radius 1 is 1.44 bits per heavy atom. The number of halogens is 3. The smallest absolute Gasteiger partial charge is 0.364 e. The normalized spacial score (nSPS) is 25.7. The average molecular weight is 235 g/mol. The van der Waals surface area contributed by atoms with E-state index in [0.29, 0.717) is 6.54 Å². The van der Waals surface area contributed by atoms with Crippen molar-refractivity contribution >= 4 is 0 Å². The lowest BCUT2D eigenvalue weighted by atomic mass is 9.91. The van der Waals surface area contributed by atoms with E-state index in [-0.39, 0.29) is 5.92 Å². The van der Waals surface area contributed by atoms with Crippen LogP contribution in [0.25, 0.3) is 0 Å². The fourth-order valence-corrected chi connectivity index (χ4v) is 1.61. The topological polar surface area (TPSA) is 35.2 Å². The van der Waals surface area contributed by atoms with Gasteiger partial charge in [-0.25, -0.2) is 0 Å². The van der Waals surface area contributed by atoms with Crippen molar-refractivity contribution in [2.75, 3.05) is 13.2 Å². The van der Waals surface area contributed by atoms with Gasteiger partial charge in [0.1, 0.15) is 6.61 Å². The van der Waals surface area contributed by atoms with E-state index in [4.69, 9.17) is 10.5 Å². The summed E-state index contributed by atoms with van der Waals surface area (Å²) in [6.07, 6.45) is 1.34. The molecule has 0 spiro atoms. The third-order valence-corrected chi connectivity index (χ3v) is 2.50. The molecule has 0 aromatic heterocycles. The van der Waals surface area contributed by atoms with Crippen molar-refractivity contribution < 1.29 is 17.9 Å². The van der Waals surface area contributed by atoms with Gasteiger partial charge in [0.15, 0.2) is 0 Å². The molecule has 2 nitrogen and oxygen atoms in total. The van der Waals surface area contributed by atoms with Crippen molar-refractivity contribution in [3.05, 3.63) is 23.8 Å². The molecular weight excluding hydrogens is 219 g/mol. The van der Waals surface area contributed by atoms with Gasteiger partial charge >= 0.3 is 6.18 Å². The van der Waals surface area contributed by atoms with Crippen molar-refractivity contribution in [1.29, 1.82) is 0 Å². The maximum atomic E-state index is 12.0. The van der Waals surface area contributed by atoms with E-state index in [0.717, 1.165) is 12.0 Å². The average Bonchev–Trinajstić information content (AvgIpc) is 2.25. The van der Waals surface area contributed by atoms with Crippen LogP contribution in [0.15, 0.2) is 23.8 Å². The molecule has 92 valence electrons. The third kappa shape index (κ3) is 3.98. The van der Waals surface area contributed by atoms with E-state index in [1.54, 1.807) is 6.08 Å². The minimum absolute atomic E-state index is 0.00218. The van der Waals surface area contributed by atoms with Gasteiger partial charge in [0.05, 0.1) is 6.10 Å². The number of hydrogen-bond acceptors (Lipinski definition) is 2. The Morgan fingerprint density at radius 2 is 2.12 bits per heavy atom. The Bertz CT molecular complexity index is 283. The highest BCUT2D eigenvalue weighted by molar-refractivity contribution is 5.27. The monoisotopic (exact) mass is 235 g/mol. The SMILES string of the molecule is CCC1C=CC(CN)=CC1OCC(F)(F)F. The highest BCUT2D eigenvalue weighted by Crippen LogP contribution is 2.24. The number of hydrogen-bond donors (Lipinski definition) is 1. The Morgan fingerprint density at radius 3 is 2.62 bits per heavy atom. The molecule has 1 aliphatic rings. The molecule has 1 aliphatic carbocycles. The summed E-state index contributed by atoms with van der Waals surface area (Å²) in [7, 11) is 0. The third-order valence-electron chi connectivity index (χ3n) is 2.50. The Balaban J connectivity index is 2.60. The molecule has 0 saturated carbocycles. The molecule has 0 fully saturated rings. The molecule has 0 amide bonds. The van der Waals surface area contributed by atoms with Gasteiger partial charge in [0.25, 0.3) is 0 Å². The predicted molar refractivity (Wildman–Crippen MR) is 55.9 cm³/mol. The van der Waals surface area contributed by atoms with E-state index in [2.05, 4.69) is 0 Å². The molecule has 2 atom stereocenters. The lowest BCUT2D eigenvalue weighted by molar-refractivity contribution is -0.183. The van der Waals surface area contributed by atoms with Crippen molar-refractivity contribution in [3.8, 4) is 0 Å². The van der Waals surface area contributed by atoms with Crippen LogP contribution in [-0.4, -0.2) is 25.4 Å². The summed E-state index contributed by atoms with van der Waals surface area (Å²) in [6, 6.07) is 0. The van der Waals surface area contributed by atoms with Crippen molar-refractivity contribution in [3.63, 3.8) is 0 Å². The zero-order valence-electron chi connectivity index (χ0n) is 9.13. The van der Waals surface area contributed by atoms with Crippen molar-refractivity contribution in [2.24, 2.45) is 11.7 Å². The van der Waals surface area contributed by atoms with E-state index < -0.39 is 18.9 Å². The van der Waals surface area contributed by atoms with Crippen LogP contribution in [0.4, 0.5) is 13.2 Å². The van der Waals surface area contributed by atoms with Crippen LogP contribution < -0.4 is 5.73 Å². The Hall–Kier alpha value is -0.810.